The maximum atomic E-state index is 14.9. The molecule has 0 aromatic heterocycles. The summed E-state index contributed by atoms with van der Waals surface area (Å²) >= 11 is 0. The molecule has 0 saturated carbocycles. The SMILES string of the molecule is CC[C@H](C)[C@@H]([C@@H](CC(=O)N1CCCC1[C@H](OC)[C@@H](C)C(=O)N[C@@H](Cc1ccccc1)C(=O)OC)OC)N(C)C(=O)CNC(=O)C1(F)CCNC1. The Morgan fingerprint density at radius 1 is 1.10 bits per heavy atom. The molecule has 14 heteroatoms. The van der Waals surface area contributed by atoms with E-state index in [2.05, 4.69) is 16.0 Å². The van der Waals surface area contributed by atoms with Crippen LogP contribution < -0.4 is 16.0 Å². The van der Waals surface area contributed by atoms with Gasteiger partial charge in [-0.25, -0.2) is 9.18 Å². The zero-order chi connectivity index (χ0) is 37.0. The molecule has 2 unspecified atom stereocenters. The Hall–Kier alpha value is -3.62. The number of methoxy groups -OCH3 is 3. The molecular formula is C36H56FN5O8. The first-order valence-electron chi connectivity index (χ1n) is 17.5. The van der Waals surface area contributed by atoms with Crippen LogP contribution in [0, 0.1) is 11.8 Å². The predicted octanol–water partition coefficient (Wildman–Crippen LogP) is 1.63. The van der Waals surface area contributed by atoms with Crippen LogP contribution in [0.4, 0.5) is 4.39 Å². The number of nitrogens with one attached hydrogen (secondary N) is 3. The highest BCUT2D eigenvalue weighted by Gasteiger charge is 2.44. The number of halogens is 1. The lowest BCUT2D eigenvalue weighted by Gasteiger charge is -2.39. The van der Waals surface area contributed by atoms with Crippen molar-refractivity contribution in [2.24, 2.45) is 11.8 Å². The van der Waals surface area contributed by atoms with E-state index in [1.54, 1.807) is 18.9 Å². The zero-order valence-corrected chi connectivity index (χ0v) is 30.5. The normalized spacial score (nSPS) is 22.5. The monoisotopic (exact) mass is 705 g/mol. The summed E-state index contributed by atoms with van der Waals surface area (Å²) in [5.74, 6) is -3.21. The third-order valence-corrected chi connectivity index (χ3v) is 10.3. The Morgan fingerprint density at radius 2 is 1.80 bits per heavy atom. The van der Waals surface area contributed by atoms with Crippen LogP contribution in [0.1, 0.15) is 58.4 Å². The van der Waals surface area contributed by atoms with Gasteiger partial charge < -0.3 is 40.0 Å². The molecule has 2 aliphatic heterocycles. The van der Waals surface area contributed by atoms with Crippen LogP contribution in [0.2, 0.25) is 0 Å². The summed E-state index contributed by atoms with van der Waals surface area (Å²) in [6.07, 6.45) is 0.916. The van der Waals surface area contributed by atoms with Crippen molar-refractivity contribution in [3.63, 3.8) is 0 Å². The van der Waals surface area contributed by atoms with Crippen molar-refractivity contribution in [3.8, 4) is 0 Å². The van der Waals surface area contributed by atoms with E-state index in [0.717, 1.165) is 5.56 Å². The fourth-order valence-electron chi connectivity index (χ4n) is 7.11. The number of nitrogens with zero attached hydrogens (tertiary/aromatic N) is 2. The number of amides is 4. The van der Waals surface area contributed by atoms with E-state index >= 15 is 0 Å². The molecule has 4 amide bonds. The molecule has 1 aromatic rings. The van der Waals surface area contributed by atoms with Crippen molar-refractivity contribution in [1.82, 2.24) is 25.8 Å². The smallest absolute Gasteiger partial charge is 0.328 e. The molecule has 0 radical (unpaired) electrons. The van der Waals surface area contributed by atoms with Crippen molar-refractivity contribution in [2.45, 2.75) is 95.3 Å². The van der Waals surface area contributed by atoms with Gasteiger partial charge in [-0.1, -0.05) is 57.5 Å². The third-order valence-electron chi connectivity index (χ3n) is 10.3. The highest BCUT2D eigenvalue weighted by molar-refractivity contribution is 5.90. The van der Waals surface area contributed by atoms with Gasteiger partial charge in [0.05, 0.1) is 50.3 Å². The van der Waals surface area contributed by atoms with Crippen LogP contribution in [0.25, 0.3) is 0 Å². The standard InChI is InChI=1S/C36H56FN5O8/c1-8-23(2)31(41(4)30(44)21-39-35(47)36(37)16-17-38-22-36)28(48-5)20-29(43)42-18-12-15-27(42)32(49-6)24(3)33(45)40-26(34(46)50-7)19-25-13-10-9-11-14-25/h9-11,13-14,23-24,26-28,31-32,38H,8,12,15-22H2,1-7H3,(H,39,47)(H,40,45)/t23-,24+,26-,27?,28+,31-,32+,36?/m0/s1. The van der Waals surface area contributed by atoms with E-state index in [1.165, 1.54) is 26.2 Å². The quantitative estimate of drug-likeness (QED) is 0.193. The van der Waals surface area contributed by atoms with Crippen molar-refractivity contribution in [2.75, 3.05) is 54.6 Å². The third kappa shape index (κ3) is 10.2. The number of hydrogen-bond donors (Lipinski definition) is 3. The minimum atomic E-state index is -2.05. The second kappa shape index (κ2) is 19.1. The van der Waals surface area contributed by atoms with Crippen LogP contribution in [-0.2, 0) is 44.6 Å². The van der Waals surface area contributed by atoms with Gasteiger partial charge >= 0.3 is 5.97 Å². The van der Waals surface area contributed by atoms with E-state index in [1.807, 2.05) is 44.2 Å². The summed E-state index contributed by atoms with van der Waals surface area (Å²) in [6.45, 7) is 6.01. The predicted molar refractivity (Wildman–Crippen MR) is 185 cm³/mol. The van der Waals surface area contributed by atoms with Gasteiger partial charge in [-0.3, -0.25) is 19.2 Å². The van der Waals surface area contributed by atoms with Gasteiger partial charge in [0.15, 0.2) is 0 Å². The summed E-state index contributed by atoms with van der Waals surface area (Å²) < 4.78 is 31.5. The van der Waals surface area contributed by atoms with Gasteiger partial charge in [-0.2, -0.15) is 0 Å². The van der Waals surface area contributed by atoms with Gasteiger partial charge in [0, 0.05) is 47.2 Å². The van der Waals surface area contributed by atoms with Gasteiger partial charge in [0.1, 0.15) is 6.04 Å². The van der Waals surface area contributed by atoms with E-state index in [0.29, 0.717) is 32.4 Å². The van der Waals surface area contributed by atoms with Crippen molar-refractivity contribution < 1.29 is 42.6 Å². The molecule has 1 aromatic carbocycles. The summed E-state index contributed by atoms with van der Waals surface area (Å²) in [7, 11) is 5.87. The Morgan fingerprint density at radius 3 is 2.38 bits per heavy atom. The Bertz CT molecular complexity index is 1300. The second-order valence-electron chi connectivity index (χ2n) is 13.5. The summed E-state index contributed by atoms with van der Waals surface area (Å²) in [6, 6.07) is 7.48. The summed E-state index contributed by atoms with van der Waals surface area (Å²) in [4.78, 5) is 69.1. The molecule has 3 rings (SSSR count). The first kappa shape index (κ1) is 40.8. The molecule has 2 aliphatic rings. The first-order valence-corrected chi connectivity index (χ1v) is 17.5. The molecular weight excluding hydrogens is 649 g/mol. The topological polar surface area (TPSA) is 156 Å². The number of carbonyl (C=O) groups is 5. The second-order valence-corrected chi connectivity index (χ2v) is 13.5. The number of benzene rings is 1. The fourth-order valence-corrected chi connectivity index (χ4v) is 7.11. The van der Waals surface area contributed by atoms with E-state index < -0.39 is 65.6 Å². The van der Waals surface area contributed by atoms with Crippen LogP contribution in [-0.4, -0.2) is 130 Å². The van der Waals surface area contributed by atoms with Crippen LogP contribution in [0.3, 0.4) is 0 Å². The minimum Gasteiger partial charge on any atom is -0.467 e. The van der Waals surface area contributed by atoms with Crippen molar-refractivity contribution >= 4 is 29.6 Å². The van der Waals surface area contributed by atoms with Crippen molar-refractivity contribution in [1.29, 1.82) is 0 Å². The highest BCUT2D eigenvalue weighted by atomic mass is 19.1. The number of carbonyl (C=O) groups excluding carboxylic acids is 5. The van der Waals surface area contributed by atoms with E-state index in [4.69, 9.17) is 14.2 Å². The number of hydrogen-bond acceptors (Lipinski definition) is 9. The number of likely N-dealkylation sites (tertiary alicyclic amines) is 1. The summed E-state index contributed by atoms with van der Waals surface area (Å²) in [5, 5.41) is 8.10. The Kier molecular flexibility index (Phi) is 15.6. The van der Waals surface area contributed by atoms with E-state index in [9.17, 15) is 28.4 Å². The zero-order valence-electron chi connectivity index (χ0n) is 30.5. The molecule has 2 heterocycles. The van der Waals surface area contributed by atoms with Crippen molar-refractivity contribution in [3.05, 3.63) is 35.9 Å². The molecule has 8 atom stereocenters. The largest absolute Gasteiger partial charge is 0.467 e. The van der Waals surface area contributed by atoms with Gasteiger partial charge in [-0.15, -0.1) is 0 Å². The fraction of sp³-hybridized carbons (Fsp3) is 0.694. The number of alkyl halides is 1. The first-order chi connectivity index (χ1) is 23.8. The molecule has 0 spiro atoms. The molecule has 2 fully saturated rings. The van der Waals surface area contributed by atoms with Gasteiger partial charge in [0.2, 0.25) is 23.4 Å². The van der Waals surface area contributed by atoms with Gasteiger partial charge in [0.25, 0.3) is 5.91 Å². The maximum Gasteiger partial charge on any atom is 0.328 e. The lowest BCUT2D eigenvalue weighted by Crippen LogP contribution is -2.55. The average molecular weight is 706 g/mol. The number of ether oxygens (including phenoxy) is 3. The molecule has 50 heavy (non-hydrogen) atoms. The molecule has 280 valence electrons. The van der Waals surface area contributed by atoms with Crippen LogP contribution in [0.15, 0.2) is 30.3 Å². The molecule has 0 aliphatic carbocycles. The molecule has 13 nitrogen and oxygen atoms in total. The van der Waals surface area contributed by atoms with Gasteiger partial charge in [-0.05, 0) is 30.9 Å². The molecule has 2 saturated heterocycles. The maximum absolute atomic E-state index is 14.9. The Balaban J connectivity index is 1.70. The number of esters is 1. The summed E-state index contributed by atoms with van der Waals surface area (Å²) in [5.41, 5.74) is -1.19. The lowest BCUT2D eigenvalue weighted by molar-refractivity contribution is -0.148. The van der Waals surface area contributed by atoms with Crippen LogP contribution >= 0.6 is 0 Å². The molecule has 0 bridgehead atoms. The average Bonchev–Trinajstić information content (AvgIpc) is 3.80. The Labute approximate surface area is 295 Å². The highest BCUT2D eigenvalue weighted by Crippen LogP contribution is 2.29. The van der Waals surface area contributed by atoms with E-state index in [-0.39, 0.29) is 44.2 Å². The molecule has 3 N–H and O–H groups in total. The van der Waals surface area contributed by atoms with Crippen LogP contribution in [0.5, 0.6) is 0 Å². The number of rotatable bonds is 18. The minimum absolute atomic E-state index is 0.0379. The number of likely N-dealkylation sites (N-methyl/N-ethyl adjacent to an activating group) is 1. The lowest BCUT2D eigenvalue weighted by atomic mass is 9.90.